The van der Waals surface area contributed by atoms with Crippen LogP contribution in [0.3, 0.4) is 0 Å². The van der Waals surface area contributed by atoms with E-state index >= 15 is 0 Å². The maximum absolute atomic E-state index is 12.4. The molecule has 2 rings (SSSR count). The summed E-state index contributed by atoms with van der Waals surface area (Å²) in [7, 11) is 0. The molecule has 0 amide bonds. The van der Waals surface area contributed by atoms with Crippen LogP contribution in [0.5, 0.6) is 0 Å². The molecule has 0 bridgehead atoms. The number of hydrogen-bond acceptors (Lipinski definition) is 3. The number of nitrogens with one attached hydrogen (secondary N) is 1. The van der Waals surface area contributed by atoms with Gasteiger partial charge < -0.3 is 10.1 Å². The van der Waals surface area contributed by atoms with E-state index in [2.05, 4.69) is 19.2 Å². The number of carbonyl (C=O) groups is 1. The Hall–Kier alpha value is -0.570. The molecule has 0 aromatic rings. The Morgan fingerprint density at radius 1 is 1.37 bits per heavy atom. The Labute approximate surface area is 117 Å². The van der Waals surface area contributed by atoms with Crippen molar-refractivity contribution in [2.45, 2.75) is 64.8 Å². The monoisotopic (exact) mass is 267 g/mol. The quantitative estimate of drug-likeness (QED) is 0.751. The lowest BCUT2D eigenvalue weighted by Gasteiger charge is -2.41. The highest BCUT2D eigenvalue weighted by Gasteiger charge is 2.45. The number of rotatable bonds is 6. The van der Waals surface area contributed by atoms with E-state index in [-0.39, 0.29) is 5.97 Å². The van der Waals surface area contributed by atoms with Crippen molar-refractivity contribution in [1.29, 1.82) is 0 Å². The fraction of sp³-hybridized carbons (Fsp3) is 0.938. The van der Waals surface area contributed by atoms with Crippen molar-refractivity contribution in [3.63, 3.8) is 0 Å². The third-order valence-corrected chi connectivity index (χ3v) is 4.82. The molecule has 0 heterocycles. The van der Waals surface area contributed by atoms with E-state index in [9.17, 15) is 4.79 Å². The van der Waals surface area contributed by atoms with Crippen molar-refractivity contribution in [1.82, 2.24) is 5.32 Å². The van der Waals surface area contributed by atoms with Crippen LogP contribution in [0, 0.1) is 17.8 Å². The van der Waals surface area contributed by atoms with Gasteiger partial charge in [-0.3, -0.25) is 4.79 Å². The number of hydrogen-bond donors (Lipinski definition) is 1. The van der Waals surface area contributed by atoms with E-state index in [1.165, 1.54) is 19.3 Å². The minimum absolute atomic E-state index is 0.0130. The van der Waals surface area contributed by atoms with Crippen LogP contribution < -0.4 is 5.32 Å². The summed E-state index contributed by atoms with van der Waals surface area (Å²) < 4.78 is 5.36. The van der Waals surface area contributed by atoms with Gasteiger partial charge in [-0.25, -0.2) is 0 Å². The summed E-state index contributed by atoms with van der Waals surface area (Å²) in [5.41, 5.74) is -0.397. The minimum atomic E-state index is -0.397. The minimum Gasteiger partial charge on any atom is -0.465 e. The summed E-state index contributed by atoms with van der Waals surface area (Å²) in [6.07, 6.45) is 6.93. The van der Waals surface area contributed by atoms with Crippen LogP contribution in [-0.4, -0.2) is 24.7 Å². The largest absolute Gasteiger partial charge is 0.465 e. The van der Waals surface area contributed by atoms with Crippen molar-refractivity contribution in [3.05, 3.63) is 0 Å². The van der Waals surface area contributed by atoms with Gasteiger partial charge in [0.2, 0.25) is 0 Å². The number of ether oxygens (including phenoxy) is 1. The van der Waals surface area contributed by atoms with Gasteiger partial charge in [-0.05, 0) is 56.9 Å². The predicted molar refractivity (Wildman–Crippen MR) is 76.9 cm³/mol. The van der Waals surface area contributed by atoms with Crippen LogP contribution in [-0.2, 0) is 9.53 Å². The first-order valence-electron chi connectivity index (χ1n) is 7.99. The first-order chi connectivity index (χ1) is 9.07. The van der Waals surface area contributed by atoms with Crippen molar-refractivity contribution in [2.75, 3.05) is 13.2 Å². The van der Waals surface area contributed by atoms with Gasteiger partial charge in [-0.15, -0.1) is 0 Å². The molecule has 0 aliphatic heterocycles. The molecule has 3 heteroatoms. The second-order valence-corrected chi connectivity index (χ2v) is 6.73. The van der Waals surface area contributed by atoms with Gasteiger partial charge in [-0.2, -0.15) is 0 Å². The zero-order valence-electron chi connectivity index (χ0n) is 12.7. The molecule has 0 spiro atoms. The molecule has 2 saturated carbocycles. The molecule has 110 valence electrons. The lowest BCUT2D eigenvalue weighted by Crippen LogP contribution is -2.56. The lowest BCUT2D eigenvalue weighted by atomic mass is 9.71. The van der Waals surface area contributed by atoms with Crippen LogP contribution in [0.4, 0.5) is 0 Å². The third kappa shape index (κ3) is 3.71. The fourth-order valence-electron chi connectivity index (χ4n) is 3.24. The molecule has 3 nitrogen and oxygen atoms in total. The molecule has 0 radical (unpaired) electrons. The summed E-state index contributed by atoms with van der Waals surface area (Å²) in [5, 5.41) is 3.59. The number of esters is 1. The zero-order chi connectivity index (χ0) is 13.9. The second-order valence-electron chi connectivity index (χ2n) is 6.73. The Morgan fingerprint density at radius 3 is 2.68 bits per heavy atom. The summed E-state index contributed by atoms with van der Waals surface area (Å²) >= 11 is 0. The summed E-state index contributed by atoms with van der Waals surface area (Å²) in [6.45, 7) is 7.91. The Morgan fingerprint density at radius 2 is 2.11 bits per heavy atom. The van der Waals surface area contributed by atoms with Crippen LogP contribution in [0.25, 0.3) is 0 Å². The molecule has 0 aromatic carbocycles. The Balaban J connectivity index is 2.04. The van der Waals surface area contributed by atoms with Crippen molar-refractivity contribution in [3.8, 4) is 0 Å². The first-order valence-corrected chi connectivity index (χ1v) is 7.99. The molecule has 19 heavy (non-hydrogen) atoms. The Kier molecular flexibility index (Phi) is 4.88. The molecule has 0 saturated heterocycles. The van der Waals surface area contributed by atoms with Gasteiger partial charge >= 0.3 is 5.97 Å². The van der Waals surface area contributed by atoms with Gasteiger partial charge in [0.05, 0.1) is 6.61 Å². The van der Waals surface area contributed by atoms with Crippen LogP contribution in [0.2, 0.25) is 0 Å². The van der Waals surface area contributed by atoms with Gasteiger partial charge in [-0.1, -0.05) is 26.7 Å². The SMILES string of the molecule is CCOC(=O)C1(NCC2CC2)CCCC(C(C)C)C1. The smallest absolute Gasteiger partial charge is 0.326 e. The Bertz CT molecular complexity index is 312. The number of carbonyl (C=O) groups excluding carboxylic acids is 1. The van der Waals surface area contributed by atoms with Crippen LogP contribution in [0.15, 0.2) is 0 Å². The van der Waals surface area contributed by atoms with Crippen molar-refractivity contribution >= 4 is 5.97 Å². The van der Waals surface area contributed by atoms with Gasteiger partial charge in [0.25, 0.3) is 0 Å². The van der Waals surface area contributed by atoms with Crippen molar-refractivity contribution < 1.29 is 9.53 Å². The zero-order valence-corrected chi connectivity index (χ0v) is 12.7. The van der Waals surface area contributed by atoms with Gasteiger partial charge in [0.1, 0.15) is 5.54 Å². The molecule has 2 aliphatic carbocycles. The standard InChI is InChI=1S/C16H29NO2/c1-4-19-15(18)16(17-11-13-7-8-13)9-5-6-14(10-16)12(2)3/h12-14,17H,4-11H2,1-3H3. The third-order valence-electron chi connectivity index (χ3n) is 4.82. The molecule has 1 N–H and O–H groups in total. The lowest BCUT2D eigenvalue weighted by molar-refractivity contribution is -0.154. The van der Waals surface area contributed by atoms with E-state index < -0.39 is 5.54 Å². The average Bonchev–Trinajstić information content (AvgIpc) is 3.21. The highest BCUT2D eigenvalue weighted by molar-refractivity contribution is 5.81. The first kappa shape index (κ1) is 14.8. The van der Waals surface area contributed by atoms with E-state index in [4.69, 9.17) is 4.74 Å². The normalized spacial score (nSPS) is 31.5. The maximum atomic E-state index is 12.4. The second kappa shape index (κ2) is 6.25. The highest BCUT2D eigenvalue weighted by Crippen LogP contribution is 2.38. The summed E-state index contributed by atoms with van der Waals surface area (Å²) in [6, 6.07) is 0. The van der Waals surface area contributed by atoms with Crippen molar-refractivity contribution in [2.24, 2.45) is 17.8 Å². The molecule has 2 fully saturated rings. The predicted octanol–water partition coefficient (Wildman–Crippen LogP) is 3.13. The fourth-order valence-corrected chi connectivity index (χ4v) is 3.24. The van der Waals surface area contributed by atoms with Gasteiger partial charge in [0, 0.05) is 0 Å². The summed E-state index contributed by atoms with van der Waals surface area (Å²) in [5.74, 6) is 2.08. The van der Waals surface area contributed by atoms with E-state index in [0.717, 1.165) is 31.7 Å². The molecule has 2 atom stereocenters. The van der Waals surface area contributed by atoms with E-state index in [1.54, 1.807) is 0 Å². The highest BCUT2D eigenvalue weighted by atomic mass is 16.5. The maximum Gasteiger partial charge on any atom is 0.326 e. The summed E-state index contributed by atoms with van der Waals surface area (Å²) in [4.78, 5) is 12.4. The van der Waals surface area contributed by atoms with E-state index in [0.29, 0.717) is 18.4 Å². The molecule has 2 aliphatic rings. The van der Waals surface area contributed by atoms with E-state index in [1.807, 2.05) is 6.92 Å². The average molecular weight is 267 g/mol. The van der Waals surface area contributed by atoms with Gasteiger partial charge in [0.15, 0.2) is 0 Å². The van der Waals surface area contributed by atoms with Crippen LogP contribution >= 0.6 is 0 Å². The van der Waals surface area contributed by atoms with Crippen LogP contribution in [0.1, 0.15) is 59.3 Å². The topological polar surface area (TPSA) is 38.3 Å². The molecular weight excluding hydrogens is 238 g/mol. The molecule has 0 aromatic heterocycles. The molecule has 2 unspecified atom stereocenters. The molecular formula is C16H29NO2.